The molecule has 0 nitrogen and oxygen atoms in total. The molecular weight excluding hydrogens is 116 g/mol. The fraction of sp³-hybridized carbons (Fsp3) is 0.857. The zero-order chi connectivity index (χ0) is 5.70. The van der Waals surface area contributed by atoms with Crippen LogP contribution in [0.2, 0.25) is 0 Å². The lowest BCUT2D eigenvalue weighted by atomic mass is 10.4. The molecule has 0 aromatic carbocycles. The molecule has 0 aliphatic carbocycles. The van der Waals surface area contributed by atoms with Gasteiger partial charge in [-0.2, -0.15) is 0 Å². The first-order valence-electron chi connectivity index (χ1n) is 2.81. The van der Waals surface area contributed by atoms with Crippen molar-refractivity contribution >= 4 is 10.9 Å². The monoisotopic (exact) mass is 134 g/mol. The van der Waals surface area contributed by atoms with Crippen LogP contribution in [0, 0.1) is 7.43 Å². The van der Waals surface area contributed by atoms with E-state index in [-0.39, 0.29) is 7.43 Å². The fourth-order valence-electron chi connectivity index (χ4n) is 0.433. The van der Waals surface area contributed by atoms with Crippen LogP contribution in [0.25, 0.3) is 0 Å². The summed E-state index contributed by atoms with van der Waals surface area (Å²) in [5.74, 6) is 1.43. The van der Waals surface area contributed by atoms with Gasteiger partial charge in [0.1, 0.15) is 5.75 Å². The average molecular weight is 134 g/mol. The summed E-state index contributed by atoms with van der Waals surface area (Å²) in [5.41, 5.74) is 0. The van der Waals surface area contributed by atoms with E-state index in [1.807, 2.05) is 0 Å². The summed E-state index contributed by atoms with van der Waals surface area (Å²) in [6, 6.07) is 0. The molecule has 0 saturated heterocycles. The summed E-state index contributed by atoms with van der Waals surface area (Å²) >= 11 is 0. The van der Waals surface area contributed by atoms with Crippen LogP contribution in [-0.2, 0) is 10.9 Å². The maximum absolute atomic E-state index is 2.30. The minimum atomic E-state index is 0. The molecular formula is C7H18S. The Morgan fingerprint density at radius 1 is 1.25 bits per heavy atom. The topological polar surface area (TPSA) is 0 Å². The van der Waals surface area contributed by atoms with E-state index in [4.69, 9.17) is 0 Å². The van der Waals surface area contributed by atoms with E-state index < -0.39 is 0 Å². The summed E-state index contributed by atoms with van der Waals surface area (Å²) in [6.07, 6.45) is 7.37. The normalized spacial score (nSPS) is 9.00. The van der Waals surface area contributed by atoms with Crippen molar-refractivity contribution in [2.45, 2.75) is 19.8 Å². The van der Waals surface area contributed by atoms with Gasteiger partial charge in [0.25, 0.3) is 0 Å². The molecule has 0 radical (unpaired) electrons. The quantitative estimate of drug-likeness (QED) is 0.410. The summed E-state index contributed by atoms with van der Waals surface area (Å²) < 4.78 is 0. The van der Waals surface area contributed by atoms with E-state index in [1.165, 1.54) is 18.6 Å². The predicted molar refractivity (Wildman–Crippen MR) is 45.4 cm³/mol. The lowest BCUT2D eigenvalue weighted by molar-refractivity contribution is 0.894. The van der Waals surface area contributed by atoms with Crippen LogP contribution < -0.4 is 0 Å². The minimum absolute atomic E-state index is 0. The fourth-order valence-corrected chi connectivity index (χ4v) is 1.30. The Bertz CT molecular complexity index is 33.4. The van der Waals surface area contributed by atoms with Crippen molar-refractivity contribution in [2.24, 2.45) is 0 Å². The van der Waals surface area contributed by atoms with E-state index in [0.29, 0.717) is 10.9 Å². The largest absolute Gasteiger partial charge is 0.358 e. The van der Waals surface area contributed by atoms with Gasteiger partial charge in [-0.15, -0.1) is 0 Å². The second-order valence-corrected chi connectivity index (χ2v) is 4.42. The molecule has 0 unspecified atom stereocenters. The third kappa shape index (κ3) is 9.61. The zero-order valence-electron chi connectivity index (χ0n) is 6.53. The molecule has 0 atom stereocenters. The standard InChI is InChI=1S/C6H15S.CH3/c1-4-5-6-7(2)3;/h4-6H2,1-3H3;1H3/q+1;-1. The molecule has 0 N–H and O–H groups in total. The van der Waals surface area contributed by atoms with Crippen LogP contribution in [0.1, 0.15) is 19.8 Å². The van der Waals surface area contributed by atoms with Crippen molar-refractivity contribution < 1.29 is 0 Å². The Labute approximate surface area is 57.0 Å². The van der Waals surface area contributed by atoms with Gasteiger partial charge in [0.05, 0.1) is 12.5 Å². The highest BCUT2D eigenvalue weighted by molar-refractivity contribution is 7.95. The van der Waals surface area contributed by atoms with Crippen LogP contribution in [0.3, 0.4) is 0 Å². The SMILES string of the molecule is CCCC[S+](C)C.[CH3-]. The van der Waals surface area contributed by atoms with Gasteiger partial charge in [0, 0.05) is 0 Å². The lowest BCUT2D eigenvalue weighted by Gasteiger charge is -1.90. The van der Waals surface area contributed by atoms with Crippen LogP contribution >= 0.6 is 0 Å². The van der Waals surface area contributed by atoms with Gasteiger partial charge in [0.2, 0.25) is 0 Å². The first-order valence-corrected chi connectivity index (χ1v) is 5.02. The molecule has 8 heavy (non-hydrogen) atoms. The molecule has 1 heteroatoms. The van der Waals surface area contributed by atoms with E-state index in [2.05, 4.69) is 19.4 Å². The molecule has 0 aromatic rings. The van der Waals surface area contributed by atoms with Crippen LogP contribution in [0.4, 0.5) is 0 Å². The van der Waals surface area contributed by atoms with Crippen LogP contribution in [0.5, 0.6) is 0 Å². The molecule has 0 aliphatic heterocycles. The van der Waals surface area contributed by atoms with Crippen molar-refractivity contribution in [1.29, 1.82) is 0 Å². The molecule has 0 saturated carbocycles. The summed E-state index contributed by atoms with van der Waals surface area (Å²) in [6.45, 7) is 2.24. The van der Waals surface area contributed by atoms with E-state index in [0.717, 1.165) is 0 Å². The van der Waals surface area contributed by atoms with Crippen LogP contribution in [-0.4, -0.2) is 18.3 Å². The Kier molecular flexibility index (Phi) is 10.3. The molecule has 52 valence electrons. The van der Waals surface area contributed by atoms with Gasteiger partial charge in [-0.1, -0.05) is 13.3 Å². The highest BCUT2D eigenvalue weighted by Crippen LogP contribution is 1.91. The first kappa shape index (κ1) is 11.2. The third-order valence-corrected chi connectivity index (χ3v) is 2.01. The van der Waals surface area contributed by atoms with Crippen molar-refractivity contribution in [2.75, 3.05) is 18.3 Å². The maximum atomic E-state index is 2.30. The highest BCUT2D eigenvalue weighted by Gasteiger charge is 1.97. The second-order valence-electron chi connectivity index (χ2n) is 2.04. The summed E-state index contributed by atoms with van der Waals surface area (Å²) in [7, 11) is 0.685. The van der Waals surface area contributed by atoms with Crippen molar-refractivity contribution in [3.63, 3.8) is 0 Å². The van der Waals surface area contributed by atoms with Gasteiger partial charge < -0.3 is 7.43 Å². The molecule has 0 aromatic heterocycles. The Morgan fingerprint density at radius 3 is 1.88 bits per heavy atom. The molecule has 0 fully saturated rings. The number of rotatable bonds is 3. The zero-order valence-corrected chi connectivity index (χ0v) is 7.35. The molecule has 0 bridgehead atoms. The van der Waals surface area contributed by atoms with Gasteiger partial charge in [-0.25, -0.2) is 0 Å². The number of hydrogen-bond acceptors (Lipinski definition) is 0. The van der Waals surface area contributed by atoms with E-state index in [9.17, 15) is 0 Å². The van der Waals surface area contributed by atoms with Gasteiger partial charge in [-0.3, -0.25) is 0 Å². The molecule has 0 rings (SSSR count). The minimum Gasteiger partial charge on any atom is -0.358 e. The van der Waals surface area contributed by atoms with Gasteiger partial charge in [-0.05, 0) is 17.3 Å². The van der Waals surface area contributed by atoms with Crippen molar-refractivity contribution in [3.05, 3.63) is 7.43 Å². The van der Waals surface area contributed by atoms with E-state index in [1.54, 1.807) is 0 Å². The molecule has 0 heterocycles. The second kappa shape index (κ2) is 7.35. The summed E-state index contributed by atoms with van der Waals surface area (Å²) in [4.78, 5) is 0. The average Bonchev–Trinajstić information content (AvgIpc) is 1.61. The van der Waals surface area contributed by atoms with Crippen molar-refractivity contribution in [1.82, 2.24) is 0 Å². The Hall–Kier alpha value is 0.350. The highest BCUT2D eigenvalue weighted by atomic mass is 32.2. The maximum Gasteiger partial charge on any atom is 0.107 e. The van der Waals surface area contributed by atoms with Crippen molar-refractivity contribution in [3.8, 4) is 0 Å². The number of hydrogen-bond donors (Lipinski definition) is 0. The molecule has 0 amide bonds. The van der Waals surface area contributed by atoms with Gasteiger partial charge in [0.15, 0.2) is 0 Å². The summed E-state index contributed by atoms with van der Waals surface area (Å²) in [5, 5.41) is 0. The third-order valence-electron chi connectivity index (χ3n) is 0.906. The molecule has 0 spiro atoms. The predicted octanol–water partition coefficient (Wildman–Crippen LogP) is 2.11. The Balaban J connectivity index is 0. The first-order chi connectivity index (χ1) is 3.27. The Morgan fingerprint density at radius 2 is 1.75 bits per heavy atom. The smallest absolute Gasteiger partial charge is 0.107 e. The van der Waals surface area contributed by atoms with Crippen LogP contribution in [0.15, 0.2) is 0 Å². The lowest BCUT2D eigenvalue weighted by Crippen LogP contribution is -1.99. The van der Waals surface area contributed by atoms with Gasteiger partial charge >= 0.3 is 0 Å². The molecule has 0 aliphatic rings. The van der Waals surface area contributed by atoms with E-state index >= 15 is 0 Å². The number of unbranched alkanes of at least 4 members (excludes halogenated alkanes) is 1.